The van der Waals surface area contributed by atoms with E-state index in [0.29, 0.717) is 12.4 Å². The van der Waals surface area contributed by atoms with Crippen molar-refractivity contribution in [2.75, 3.05) is 19.7 Å². The lowest BCUT2D eigenvalue weighted by Crippen LogP contribution is -2.75. The first-order valence-corrected chi connectivity index (χ1v) is 7.37. The minimum Gasteiger partial charge on any atom is -0.394 e. The van der Waals surface area contributed by atoms with Crippen LogP contribution in [-0.4, -0.2) is 63.1 Å². The number of hydrogen-bond donors (Lipinski definition) is 3. The number of aromatic nitrogens is 2. The predicted molar refractivity (Wildman–Crippen MR) is 86.8 cm³/mol. The second-order valence-electron chi connectivity index (χ2n) is 5.63. The molecular weight excluding hydrogens is 318 g/mol. The molecule has 1 unspecified atom stereocenters. The number of aliphatic hydroxyl groups is 1. The molecule has 0 aromatic carbocycles. The van der Waals surface area contributed by atoms with E-state index in [-0.39, 0.29) is 25.9 Å². The number of nitrogens with zero attached hydrogens (tertiary/aromatic N) is 3. The molecule has 3 heterocycles. The van der Waals surface area contributed by atoms with Gasteiger partial charge in [0.2, 0.25) is 11.8 Å². The number of carbonyl (C=O) groups excluding carboxylic acids is 2. The van der Waals surface area contributed by atoms with Gasteiger partial charge in [0.15, 0.2) is 0 Å². The normalized spacial score (nSPS) is 24.0. The van der Waals surface area contributed by atoms with Crippen molar-refractivity contribution in [1.82, 2.24) is 25.5 Å². The monoisotopic (exact) mass is 339 g/mol. The van der Waals surface area contributed by atoms with E-state index in [4.69, 9.17) is 0 Å². The summed E-state index contributed by atoms with van der Waals surface area (Å²) in [5, 5.41) is 15.3. The summed E-state index contributed by atoms with van der Waals surface area (Å²) in [6.07, 6.45) is 4.93. The molecule has 2 fully saturated rings. The molecule has 0 saturated carbocycles. The van der Waals surface area contributed by atoms with Crippen LogP contribution in [0, 0.1) is 0 Å². The Kier molecular flexibility index (Phi) is 5.55. The van der Waals surface area contributed by atoms with Crippen LogP contribution in [0.1, 0.15) is 18.7 Å². The first kappa shape index (κ1) is 17.6. The molecule has 1 spiro atoms. The van der Waals surface area contributed by atoms with Crippen LogP contribution in [0.2, 0.25) is 0 Å². The highest BCUT2D eigenvalue weighted by Crippen LogP contribution is 2.32. The number of carbonyl (C=O) groups is 2. The zero-order chi connectivity index (χ0) is 15.6. The number of nitrogens with one attached hydrogen (secondary N) is 2. The van der Waals surface area contributed by atoms with Gasteiger partial charge in [-0.15, -0.1) is 0 Å². The van der Waals surface area contributed by atoms with Crippen LogP contribution < -0.4 is 10.6 Å². The summed E-state index contributed by atoms with van der Waals surface area (Å²) < 4.78 is 0. The van der Waals surface area contributed by atoms with Gasteiger partial charge in [0.05, 0.1) is 13.2 Å². The molecule has 1 aromatic heterocycles. The van der Waals surface area contributed by atoms with E-state index in [0.717, 1.165) is 19.4 Å². The first-order chi connectivity index (χ1) is 10.7. The van der Waals surface area contributed by atoms with Gasteiger partial charge in [-0.25, -0.2) is 9.97 Å². The summed E-state index contributed by atoms with van der Waals surface area (Å²) >= 11 is 0. The minimum atomic E-state index is -0.857. The largest absolute Gasteiger partial charge is 0.394 e. The van der Waals surface area contributed by atoms with Crippen molar-refractivity contribution in [2.24, 2.45) is 0 Å². The molecule has 1 aromatic rings. The molecule has 3 N–H and O–H groups in total. The van der Waals surface area contributed by atoms with E-state index in [2.05, 4.69) is 20.6 Å². The molecule has 2 saturated heterocycles. The molecule has 2 aliphatic heterocycles. The van der Waals surface area contributed by atoms with Gasteiger partial charge in [-0.1, -0.05) is 0 Å². The molecule has 0 aliphatic carbocycles. The number of likely N-dealkylation sites (tertiary alicyclic amines) is 1. The Balaban J connectivity index is 0.00000192. The van der Waals surface area contributed by atoms with Gasteiger partial charge in [-0.3, -0.25) is 9.59 Å². The summed E-state index contributed by atoms with van der Waals surface area (Å²) in [6, 6.07) is 0.832. The zero-order valence-corrected chi connectivity index (χ0v) is 13.7. The van der Waals surface area contributed by atoms with E-state index in [1.807, 2.05) is 0 Å². The molecule has 2 aliphatic rings. The molecule has 23 heavy (non-hydrogen) atoms. The Morgan fingerprint density at radius 1 is 1.48 bits per heavy atom. The topological polar surface area (TPSA) is 107 Å². The van der Waals surface area contributed by atoms with Crippen LogP contribution in [0.4, 0.5) is 0 Å². The van der Waals surface area contributed by atoms with Crippen molar-refractivity contribution in [3.05, 3.63) is 24.3 Å². The van der Waals surface area contributed by atoms with E-state index in [9.17, 15) is 14.7 Å². The lowest BCUT2D eigenvalue weighted by atomic mass is 9.85. The van der Waals surface area contributed by atoms with E-state index < -0.39 is 24.1 Å². The van der Waals surface area contributed by atoms with Gasteiger partial charge in [0.1, 0.15) is 17.4 Å². The van der Waals surface area contributed by atoms with Crippen molar-refractivity contribution in [3.8, 4) is 0 Å². The van der Waals surface area contributed by atoms with Gasteiger partial charge in [0, 0.05) is 18.9 Å². The molecule has 8 nitrogen and oxygen atoms in total. The fourth-order valence-corrected chi connectivity index (χ4v) is 3.02. The summed E-state index contributed by atoms with van der Waals surface area (Å²) in [7, 11) is 0. The van der Waals surface area contributed by atoms with Crippen LogP contribution in [0.5, 0.6) is 0 Å². The second kappa shape index (κ2) is 7.24. The van der Waals surface area contributed by atoms with Gasteiger partial charge in [0.25, 0.3) is 0 Å². The summed E-state index contributed by atoms with van der Waals surface area (Å²) in [5.74, 6) is -0.0114. The highest BCUT2D eigenvalue weighted by molar-refractivity contribution is 7.59. The van der Waals surface area contributed by atoms with Crippen molar-refractivity contribution >= 4 is 25.3 Å². The van der Waals surface area contributed by atoms with Crippen molar-refractivity contribution in [1.29, 1.82) is 0 Å². The first-order valence-electron chi connectivity index (χ1n) is 7.37. The van der Waals surface area contributed by atoms with E-state index in [1.165, 1.54) is 4.90 Å². The molecule has 9 heteroatoms. The van der Waals surface area contributed by atoms with Crippen LogP contribution in [0.25, 0.3) is 0 Å². The lowest BCUT2D eigenvalue weighted by Gasteiger charge is -2.49. The minimum absolute atomic E-state index is 0. The van der Waals surface area contributed by atoms with E-state index in [1.54, 1.807) is 18.5 Å². The second-order valence-corrected chi connectivity index (χ2v) is 5.63. The Bertz CT molecular complexity index is 565. The smallest absolute Gasteiger partial charge is 0.245 e. The predicted octanol–water partition coefficient (Wildman–Crippen LogP) is -1.47. The zero-order valence-electron chi connectivity index (χ0n) is 12.7. The highest BCUT2D eigenvalue weighted by Gasteiger charge is 2.56. The molecule has 2 amide bonds. The number of amides is 2. The molecular formula is C14H21N5O3S. The third-order valence-corrected chi connectivity index (χ3v) is 4.25. The molecule has 0 bridgehead atoms. The Morgan fingerprint density at radius 3 is 2.78 bits per heavy atom. The SMILES string of the molecule is O=C(NCc1ncccn1)[C@H](CO)N1CC2(CCCN2)C1=O.S. The average molecular weight is 339 g/mol. The van der Waals surface area contributed by atoms with Crippen LogP contribution in [0.15, 0.2) is 18.5 Å². The maximum atomic E-state index is 12.3. The lowest BCUT2D eigenvalue weighted by molar-refractivity contribution is -0.161. The fraction of sp³-hybridized carbons (Fsp3) is 0.571. The van der Waals surface area contributed by atoms with Crippen LogP contribution in [-0.2, 0) is 16.1 Å². The van der Waals surface area contributed by atoms with Crippen molar-refractivity contribution in [2.45, 2.75) is 31.0 Å². The van der Waals surface area contributed by atoms with Gasteiger partial charge in [-0.2, -0.15) is 13.5 Å². The summed E-state index contributed by atoms with van der Waals surface area (Å²) in [6.45, 7) is 1.05. The number of aliphatic hydroxyl groups excluding tert-OH is 1. The summed E-state index contributed by atoms with van der Waals surface area (Å²) in [4.78, 5) is 33.9. The maximum Gasteiger partial charge on any atom is 0.245 e. The highest BCUT2D eigenvalue weighted by atomic mass is 32.1. The van der Waals surface area contributed by atoms with Gasteiger partial charge >= 0.3 is 0 Å². The Morgan fingerprint density at radius 2 is 2.22 bits per heavy atom. The fourth-order valence-electron chi connectivity index (χ4n) is 3.02. The number of β-lactam (4-membered cyclic amide) rings is 1. The Hall–Kier alpha value is -1.71. The molecule has 2 atom stereocenters. The molecule has 0 radical (unpaired) electrons. The third-order valence-electron chi connectivity index (χ3n) is 4.25. The number of hydrogen-bond acceptors (Lipinski definition) is 6. The van der Waals surface area contributed by atoms with Crippen LogP contribution in [0.3, 0.4) is 0 Å². The van der Waals surface area contributed by atoms with Crippen molar-refractivity contribution < 1.29 is 14.7 Å². The number of rotatable bonds is 5. The Labute approximate surface area is 141 Å². The standard InChI is InChI=1S/C14H19N5O3.H2S/c20-8-10(12(21)17-7-11-15-4-2-5-16-11)19-9-14(13(19)22)3-1-6-18-14;/h2,4-5,10,18,20H,1,3,6-9H2,(H,17,21);1H2/t10-,14?;/m0./s1. The molecule has 3 rings (SSSR count). The summed E-state index contributed by atoms with van der Waals surface area (Å²) in [5.41, 5.74) is -0.504. The van der Waals surface area contributed by atoms with Crippen LogP contribution >= 0.6 is 13.5 Å². The maximum absolute atomic E-state index is 12.3. The van der Waals surface area contributed by atoms with Gasteiger partial charge in [-0.05, 0) is 25.5 Å². The quantitative estimate of drug-likeness (QED) is 0.566. The third kappa shape index (κ3) is 3.31. The molecule has 126 valence electrons. The van der Waals surface area contributed by atoms with Gasteiger partial charge < -0.3 is 20.6 Å². The average Bonchev–Trinajstić information content (AvgIpc) is 3.05. The van der Waals surface area contributed by atoms with E-state index >= 15 is 0 Å². The van der Waals surface area contributed by atoms with Crippen molar-refractivity contribution in [3.63, 3.8) is 0 Å².